The summed E-state index contributed by atoms with van der Waals surface area (Å²) in [6, 6.07) is 19.9. The highest BCUT2D eigenvalue weighted by atomic mass is 32.2. The third-order valence-electron chi connectivity index (χ3n) is 5.90. The lowest BCUT2D eigenvalue weighted by molar-refractivity contribution is 0.188. The van der Waals surface area contributed by atoms with Crippen LogP contribution in [0.2, 0.25) is 0 Å². The van der Waals surface area contributed by atoms with Crippen LogP contribution < -0.4 is 0 Å². The molecule has 0 saturated heterocycles. The molecule has 0 unspecified atom stereocenters. The molecule has 0 heterocycles. The smallest absolute Gasteiger partial charge is 0.263 e. The number of sulfone groups is 1. The summed E-state index contributed by atoms with van der Waals surface area (Å²) >= 11 is 0. The molecule has 0 spiro atoms. The summed E-state index contributed by atoms with van der Waals surface area (Å²) in [6.07, 6.45) is -2.46. The van der Waals surface area contributed by atoms with E-state index in [1.54, 1.807) is 42.5 Å². The van der Waals surface area contributed by atoms with E-state index in [1.165, 1.54) is 50.2 Å². The Morgan fingerprint density at radius 1 is 0.553 bits per heavy atom. The molecule has 2 atom stereocenters. The molecule has 0 bridgehead atoms. The van der Waals surface area contributed by atoms with E-state index in [9.17, 15) is 25.3 Å². The molecule has 0 aliphatic rings. The van der Waals surface area contributed by atoms with Crippen LogP contribution in [-0.2, 0) is 38.4 Å². The van der Waals surface area contributed by atoms with E-state index in [0.29, 0.717) is 0 Å². The van der Waals surface area contributed by atoms with Gasteiger partial charge in [-0.2, -0.15) is 16.8 Å². The Morgan fingerprint density at radius 3 is 1.29 bits per heavy atom. The SMILES string of the molecule is Cc1ccc(S(=O)(=O)O[C@@H](C)CC(C[C@H](C)OS(=O)(=O)c2ccc(C)cc2)S(=O)(=O)c2ccccc2)cc1. The second-order valence-electron chi connectivity index (χ2n) is 9.30. The average Bonchev–Trinajstić information content (AvgIpc) is 2.84. The van der Waals surface area contributed by atoms with E-state index >= 15 is 0 Å². The van der Waals surface area contributed by atoms with Gasteiger partial charge in [-0.25, -0.2) is 8.42 Å². The molecule has 0 radical (unpaired) electrons. The normalized spacial score (nSPS) is 14.3. The van der Waals surface area contributed by atoms with E-state index in [1.807, 2.05) is 13.8 Å². The van der Waals surface area contributed by atoms with E-state index in [-0.39, 0.29) is 27.5 Å². The number of rotatable bonds is 12. The number of hydrogen-bond acceptors (Lipinski definition) is 8. The minimum absolute atomic E-state index is 0.0344. The molecule has 38 heavy (non-hydrogen) atoms. The van der Waals surface area contributed by atoms with E-state index in [4.69, 9.17) is 8.37 Å². The van der Waals surface area contributed by atoms with Gasteiger partial charge in [-0.05, 0) is 76.9 Å². The van der Waals surface area contributed by atoms with Crippen molar-refractivity contribution in [1.29, 1.82) is 0 Å². The van der Waals surface area contributed by atoms with Gasteiger partial charge in [-0.1, -0.05) is 53.6 Å². The van der Waals surface area contributed by atoms with Crippen LogP contribution in [0.3, 0.4) is 0 Å². The van der Waals surface area contributed by atoms with Crippen LogP contribution in [-0.4, -0.2) is 42.7 Å². The fraction of sp³-hybridized carbons (Fsp3) is 0.333. The third-order valence-corrected chi connectivity index (χ3v) is 11.0. The highest BCUT2D eigenvalue weighted by Crippen LogP contribution is 2.27. The van der Waals surface area contributed by atoms with Gasteiger partial charge in [0.1, 0.15) is 0 Å². The molecule has 0 saturated carbocycles. The summed E-state index contributed by atoms with van der Waals surface area (Å²) in [5.41, 5.74) is 1.75. The molecule has 3 aromatic carbocycles. The van der Waals surface area contributed by atoms with E-state index < -0.39 is 47.5 Å². The molecule has 0 aliphatic heterocycles. The van der Waals surface area contributed by atoms with Gasteiger partial charge in [0.05, 0.1) is 32.1 Å². The van der Waals surface area contributed by atoms with Crippen LogP contribution in [0.1, 0.15) is 37.8 Å². The first-order valence-electron chi connectivity index (χ1n) is 12.0. The molecule has 0 amide bonds. The fourth-order valence-electron chi connectivity index (χ4n) is 3.92. The Morgan fingerprint density at radius 2 is 0.921 bits per heavy atom. The Hall–Kier alpha value is -2.57. The van der Waals surface area contributed by atoms with Gasteiger partial charge in [-0.3, -0.25) is 8.37 Å². The van der Waals surface area contributed by atoms with Crippen molar-refractivity contribution < 1.29 is 33.6 Å². The maximum absolute atomic E-state index is 13.5. The second-order valence-corrected chi connectivity index (χ2v) is 14.7. The molecular formula is C27H32O8S3. The van der Waals surface area contributed by atoms with E-state index in [2.05, 4.69) is 0 Å². The standard InChI is InChI=1S/C27H32O8S3/c1-20-10-14-25(15-11-20)37(30,31)34-22(3)18-27(36(28,29)24-8-6-5-7-9-24)19-23(4)35-38(32,33)26-16-12-21(2)13-17-26/h5-17,22-23,27H,18-19H2,1-4H3/t22-,23-/m0/s1. The lowest BCUT2D eigenvalue weighted by Gasteiger charge is -2.24. The van der Waals surface area contributed by atoms with Crippen molar-refractivity contribution in [2.75, 3.05) is 0 Å². The van der Waals surface area contributed by atoms with Crippen molar-refractivity contribution in [3.63, 3.8) is 0 Å². The third kappa shape index (κ3) is 7.73. The quantitative estimate of drug-likeness (QED) is 0.280. The lowest BCUT2D eigenvalue weighted by atomic mass is 10.1. The minimum Gasteiger partial charge on any atom is -0.263 e. The lowest BCUT2D eigenvalue weighted by Crippen LogP contribution is -2.32. The Labute approximate surface area is 225 Å². The van der Waals surface area contributed by atoms with Crippen molar-refractivity contribution >= 4 is 30.1 Å². The van der Waals surface area contributed by atoms with Crippen LogP contribution in [0.4, 0.5) is 0 Å². The molecule has 0 aliphatic carbocycles. The first-order valence-corrected chi connectivity index (χ1v) is 16.4. The largest absolute Gasteiger partial charge is 0.297 e. The summed E-state index contributed by atoms with van der Waals surface area (Å²) < 4.78 is 88.8. The minimum atomic E-state index is -4.15. The van der Waals surface area contributed by atoms with Gasteiger partial charge in [0.15, 0.2) is 9.84 Å². The summed E-state index contributed by atoms with van der Waals surface area (Å²) in [4.78, 5) is -0.0520. The summed E-state index contributed by atoms with van der Waals surface area (Å²) in [5.74, 6) is 0. The van der Waals surface area contributed by atoms with Crippen molar-refractivity contribution in [3.05, 3.63) is 90.0 Å². The highest BCUT2D eigenvalue weighted by molar-refractivity contribution is 7.92. The van der Waals surface area contributed by atoms with Crippen LogP contribution >= 0.6 is 0 Å². The zero-order chi connectivity index (χ0) is 28.1. The van der Waals surface area contributed by atoms with Crippen LogP contribution in [0, 0.1) is 13.8 Å². The summed E-state index contributed by atoms with van der Waals surface area (Å²) in [5, 5.41) is -1.18. The highest BCUT2D eigenvalue weighted by Gasteiger charge is 2.34. The first-order chi connectivity index (χ1) is 17.7. The molecule has 206 valence electrons. The monoisotopic (exact) mass is 580 g/mol. The van der Waals surface area contributed by atoms with Crippen molar-refractivity contribution in [2.45, 2.75) is 72.7 Å². The van der Waals surface area contributed by atoms with Crippen molar-refractivity contribution in [3.8, 4) is 0 Å². The number of benzene rings is 3. The molecule has 0 aromatic heterocycles. The van der Waals surface area contributed by atoms with Crippen molar-refractivity contribution in [1.82, 2.24) is 0 Å². The molecule has 8 nitrogen and oxygen atoms in total. The van der Waals surface area contributed by atoms with Gasteiger partial charge in [0, 0.05) is 0 Å². The van der Waals surface area contributed by atoms with Gasteiger partial charge >= 0.3 is 0 Å². The zero-order valence-corrected chi connectivity index (χ0v) is 24.1. The Kier molecular flexibility index (Phi) is 9.53. The fourth-order valence-corrected chi connectivity index (χ4v) is 8.08. The van der Waals surface area contributed by atoms with E-state index in [0.717, 1.165) is 11.1 Å². The Bertz CT molecular complexity index is 1450. The predicted octanol–water partition coefficient (Wildman–Crippen LogP) is 4.81. The van der Waals surface area contributed by atoms with Gasteiger partial charge in [0.25, 0.3) is 20.2 Å². The van der Waals surface area contributed by atoms with Crippen LogP contribution in [0.15, 0.2) is 93.5 Å². The van der Waals surface area contributed by atoms with Crippen LogP contribution in [0.25, 0.3) is 0 Å². The second kappa shape index (κ2) is 12.1. The molecule has 3 rings (SSSR count). The summed E-state index contributed by atoms with van der Waals surface area (Å²) in [7, 11) is -12.3. The maximum atomic E-state index is 13.5. The number of hydrogen-bond donors (Lipinski definition) is 0. The predicted molar refractivity (Wildman–Crippen MR) is 144 cm³/mol. The topological polar surface area (TPSA) is 121 Å². The van der Waals surface area contributed by atoms with Gasteiger partial charge in [0.2, 0.25) is 0 Å². The number of aryl methyl sites for hydroxylation is 2. The van der Waals surface area contributed by atoms with Gasteiger partial charge < -0.3 is 0 Å². The Balaban J connectivity index is 1.83. The maximum Gasteiger partial charge on any atom is 0.297 e. The van der Waals surface area contributed by atoms with Crippen molar-refractivity contribution in [2.24, 2.45) is 0 Å². The molecule has 0 fully saturated rings. The van der Waals surface area contributed by atoms with Gasteiger partial charge in [-0.15, -0.1) is 0 Å². The summed E-state index contributed by atoms with van der Waals surface area (Å²) in [6.45, 7) is 6.57. The zero-order valence-electron chi connectivity index (χ0n) is 21.6. The van der Waals surface area contributed by atoms with Crippen LogP contribution in [0.5, 0.6) is 0 Å². The average molecular weight is 581 g/mol. The first kappa shape index (κ1) is 30.0. The molecule has 3 aromatic rings. The molecule has 11 heteroatoms. The molecule has 0 N–H and O–H groups in total. The molecular weight excluding hydrogens is 548 g/mol.